The molecule has 0 atom stereocenters. The van der Waals surface area contributed by atoms with Gasteiger partial charge in [0.25, 0.3) is 5.91 Å². The van der Waals surface area contributed by atoms with Crippen LogP contribution in [0.5, 0.6) is 0 Å². The van der Waals surface area contributed by atoms with E-state index in [-0.39, 0.29) is 5.91 Å². The van der Waals surface area contributed by atoms with Gasteiger partial charge in [-0.3, -0.25) is 9.78 Å². The summed E-state index contributed by atoms with van der Waals surface area (Å²) >= 11 is 1.52. The van der Waals surface area contributed by atoms with Crippen LogP contribution in [0.4, 0.5) is 5.95 Å². The second kappa shape index (κ2) is 8.43. The average molecular weight is 395 g/mol. The van der Waals surface area contributed by atoms with E-state index in [1.807, 2.05) is 30.0 Å². The van der Waals surface area contributed by atoms with Gasteiger partial charge in [0.05, 0.1) is 10.7 Å². The maximum Gasteiger partial charge on any atom is 0.265 e. The third-order valence-electron chi connectivity index (χ3n) is 4.81. The van der Waals surface area contributed by atoms with Crippen LogP contribution in [0.1, 0.15) is 25.9 Å². The fourth-order valence-electron chi connectivity index (χ4n) is 3.27. The van der Waals surface area contributed by atoms with Gasteiger partial charge in [-0.05, 0) is 37.1 Å². The minimum Gasteiger partial charge on any atom is -0.337 e. The third kappa shape index (κ3) is 4.17. The van der Waals surface area contributed by atoms with E-state index in [1.54, 1.807) is 24.8 Å². The van der Waals surface area contributed by atoms with Crippen molar-refractivity contribution in [2.45, 2.75) is 19.8 Å². The topological polar surface area (TPSA) is 75.1 Å². The van der Waals surface area contributed by atoms with E-state index in [0.717, 1.165) is 47.5 Å². The Balaban J connectivity index is 1.37. The Morgan fingerprint density at radius 2 is 1.75 bits per heavy atom. The molecule has 1 saturated heterocycles. The van der Waals surface area contributed by atoms with Crippen molar-refractivity contribution in [2.24, 2.45) is 0 Å². The highest BCUT2D eigenvalue weighted by Gasteiger charge is 2.26. The Morgan fingerprint density at radius 1 is 1.04 bits per heavy atom. The SMILES string of the molecule is Cc1nc(CCc2ccncc2)sc1C(=O)N1CCN(c2ncccn2)CC1. The predicted octanol–water partition coefficient (Wildman–Crippen LogP) is 2.38. The molecule has 0 unspecified atom stereocenters. The van der Waals surface area contributed by atoms with Crippen molar-refractivity contribution in [1.29, 1.82) is 0 Å². The van der Waals surface area contributed by atoms with E-state index in [9.17, 15) is 4.79 Å². The van der Waals surface area contributed by atoms with Crippen LogP contribution in [0.3, 0.4) is 0 Å². The maximum atomic E-state index is 13.0. The molecule has 28 heavy (non-hydrogen) atoms. The number of carbonyl (C=O) groups is 1. The molecular weight excluding hydrogens is 372 g/mol. The van der Waals surface area contributed by atoms with Crippen molar-refractivity contribution >= 4 is 23.2 Å². The van der Waals surface area contributed by atoms with Gasteiger partial charge in [-0.25, -0.2) is 15.0 Å². The van der Waals surface area contributed by atoms with Crippen LogP contribution in [0.2, 0.25) is 0 Å². The van der Waals surface area contributed by atoms with Crippen molar-refractivity contribution in [3.05, 3.63) is 64.1 Å². The average Bonchev–Trinajstić information content (AvgIpc) is 3.14. The number of piperazine rings is 1. The molecular formula is C20H22N6OS. The number of thiazole rings is 1. The van der Waals surface area contributed by atoms with Gasteiger partial charge in [-0.15, -0.1) is 11.3 Å². The normalized spacial score (nSPS) is 14.3. The lowest BCUT2D eigenvalue weighted by Gasteiger charge is -2.34. The molecule has 3 aromatic rings. The fourth-order valence-corrected chi connectivity index (χ4v) is 4.30. The molecule has 1 fully saturated rings. The number of amides is 1. The van der Waals surface area contributed by atoms with Crippen molar-refractivity contribution in [1.82, 2.24) is 24.8 Å². The number of pyridine rings is 1. The maximum absolute atomic E-state index is 13.0. The number of hydrogen-bond donors (Lipinski definition) is 0. The summed E-state index contributed by atoms with van der Waals surface area (Å²) in [6, 6.07) is 5.84. The van der Waals surface area contributed by atoms with Gasteiger partial charge in [0, 0.05) is 57.4 Å². The van der Waals surface area contributed by atoms with Gasteiger partial charge in [0.15, 0.2) is 0 Å². The first-order chi connectivity index (χ1) is 13.7. The minimum atomic E-state index is 0.0822. The van der Waals surface area contributed by atoms with Crippen LogP contribution in [-0.2, 0) is 12.8 Å². The minimum absolute atomic E-state index is 0.0822. The Labute approximate surface area is 168 Å². The molecule has 7 nitrogen and oxygen atoms in total. The molecule has 3 aromatic heterocycles. The molecule has 0 radical (unpaired) electrons. The lowest BCUT2D eigenvalue weighted by molar-refractivity contribution is 0.0750. The summed E-state index contributed by atoms with van der Waals surface area (Å²) in [4.78, 5) is 35.0. The first-order valence-corrected chi connectivity index (χ1v) is 10.2. The van der Waals surface area contributed by atoms with E-state index >= 15 is 0 Å². The second-order valence-corrected chi connectivity index (χ2v) is 7.79. The highest BCUT2D eigenvalue weighted by Crippen LogP contribution is 2.22. The number of rotatable bonds is 5. The summed E-state index contributed by atoms with van der Waals surface area (Å²) in [5.74, 6) is 0.806. The van der Waals surface area contributed by atoms with Gasteiger partial charge in [-0.2, -0.15) is 0 Å². The predicted molar refractivity (Wildman–Crippen MR) is 109 cm³/mol. The summed E-state index contributed by atoms with van der Waals surface area (Å²) in [5, 5.41) is 1.01. The number of carbonyl (C=O) groups excluding carboxylic acids is 1. The first kappa shape index (κ1) is 18.5. The standard InChI is InChI=1S/C20H22N6OS/c1-15-18(28-17(24-15)4-3-16-5-9-21-10-6-16)19(27)25-11-13-26(14-12-25)20-22-7-2-8-23-20/h2,5-10H,3-4,11-14H2,1H3. The van der Waals surface area contributed by atoms with E-state index < -0.39 is 0 Å². The zero-order valence-electron chi connectivity index (χ0n) is 15.8. The highest BCUT2D eigenvalue weighted by atomic mass is 32.1. The molecule has 0 aromatic carbocycles. The molecule has 4 heterocycles. The number of aryl methyl sites for hydroxylation is 3. The molecule has 1 amide bonds. The Bertz CT molecular complexity index is 922. The molecule has 0 bridgehead atoms. The number of hydrogen-bond acceptors (Lipinski definition) is 7. The van der Waals surface area contributed by atoms with Crippen LogP contribution in [-0.4, -0.2) is 56.9 Å². The zero-order chi connectivity index (χ0) is 19.3. The molecule has 0 saturated carbocycles. The lowest BCUT2D eigenvalue weighted by atomic mass is 10.1. The van der Waals surface area contributed by atoms with Crippen molar-refractivity contribution < 1.29 is 4.79 Å². The molecule has 0 spiro atoms. The summed E-state index contributed by atoms with van der Waals surface area (Å²) in [5.41, 5.74) is 2.06. The van der Waals surface area contributed by atoms with Gasteiger partial charge in [0.1, 0.15) is 4.88 Å². The molecule has 0 aliphatic carbocycles. The van der Waals surface area contributed by atoms with Crippen LogP contribution >= 0.6 is 11.3 Å². The van der Waals surface area contributed by atoms with E-state index in [2.05, 4.69) is 24.8 Å². The quantitative estimate of drug-likeness (QED) is 0.661. The van der Waals surface area contributed by atoms with Gasteiger partial charge < -0.3 is 9.80 Å². The Morgan fingerprint density at radius 3 is 2.46 bits per heavy atom. The first-order valence-electron chi connectivity index (χ1n) is 9.37. The summed E-state index contributed by atoms with van der Waals surface area (Å²) in [6.45, 7) is 4.74. The second-order valence-electron chi connectivity index (χ2n) is 6.71. The fraction of sp³-hybridized carbons (Fsp3) is 0.350. The van der Waals surface area contributed by atoms with Crippen LogP contribution in [0.25, 0.3) is 0 Å². The van der Waals surface area contributed by atoms with E-state index in [0.29, 0.717) is 13.1 Å². The zero-order valence-corrected chi connectivity index (χ0v) is 16.6. The molecule has 8 heteroatoms. The Kier molecular flexibility index (Phi) is 5.57. The smallest absolute Gasteiger partial charge is 0.265 e. The third-order valence-corrected chi connectivity index (χ3v) is 6.02. The molecule has 0 N–H and O–H groups in total. The summed E-state index contributed by atoms with van der Waals surface area (Å²) in [6.07, 6.45) is 8.83. The molecule has 4 rings (SSSR count). The summed E-state index contributed by atoms with van der Waals surface area (Å²) < 4.78 is 0. The Hall–Kier alpha value is -2.87. The summed E-state index contributed by atoms with van der Waals surface area (Å²) in [7, 11) is 0. The van der Waals surface area contributed by atoms with Crippen molar-refractivity contribution in [2.75, 3.05) is 31.1 Å². The van der Waals surface area contributed by atoms with Gasteiger partial charge in [-0.1, -0.05) is 0 Å². The molecule has 1 aliphatic rings. The largest absolute Gasteiger partial charge is 0.337 e. The molecule has 1 aliphatic heterocycles. The van der Waals surface area contributed by atoms with Gasteiger partial charge in [0.2, 0.25) is 5.95 Å². The number of anilines is 1. The molecule has 144 valence electrons. The van der Waals surface area contributed by atoms with Gasteiger partial charge >= 0.3 is 0 Å². The van der Waals surface area contributed by atoms with Crippen molar-refractivity contribution in [3.63, 3.8) is 0 Å². The van der Waals surface area contributed by atoms with E-state index in [1.165, 1.54) is 16.9 Å². The number of nitrogens with zero attached hydrogens (tertiary/aromatic N) is 6. The van der Waals surface area contributed by atoms with Crippen molar-refractivity contribution in [3.8, 4) is 0 Å². The van der Waals surface area contributed by atoms with E-state index in [4.69, 9.17) is 0 Å². The lowest BCUT2D eigenvalue weighted by Crippen LogP contribution is -2.49. The van der Waals surface area contributed by atoms with Crippen LogP contribution in [0.15, 0.2) is 43.0 Å². The monoisotopic (exact) mass is 394 g/mol. The van der Waals surface area contributed by atoms with Crippen LogP contribution < -0.4 is 4.90 Å². The highest BCUT2D eigenvalue weighted by molar-refractivity contribution is 7.13. The van der Waals surface area contributed by atoms with Crippen LogP contribution in [0, 0.1) is 6.92 Å². The number of aromatic nitrogens is 4.